The minimum absolute atomic E-state index is 0.0684. The molecule has 2 atom stereocenters. The first-order valence-corrected chi connectivity index (χ1v) is 10.6. The van der Waals surface area contributed by atoms with E-state index >= 15 is 0 Å². The normalized spacial score (nSPS) is 38.2. The minimum Gasteiger partial charge on any atom is -0.489 e. The van der Waals surface area contributed by atoms with Gasteiger partial charge in [0, 0.05) is 38.5 Å². The number of likely N-dealkylation sites (tertiary alicyclic amines) is 1. The van der Waals surface area contributed by atoms with Crippen LogP contribution in [-0.2, 0) is 4.79 Å². The van der Waals surface area contributed by atoms with E-state index in [1.165, 1.54) is 6.42 Å². The topological polar surface area (TPSA) is 62.7 Å². The first kappa shape index (κ1) is 17.5. The zero-order valence-corrected chi connectivity index (χ0v) is 16.0. The van der Waals surface area contributed by atoms with Crippen LogP contribution in [0.1, 0.15) is 57.8 Å². The first-order valence-electron chi connectivity index (χ1n) is 10.6. The quantitative estimate of drug-likeness (QED) is 0.884. The Labute approximate surface area is 161 Å². The van der Waals surface area contributed by atoms with E-state index in [1.807, 2.05) is 17.0 Å². The number of aliphatic hydroxyl groups is 1. The van der Waals surface area contributed by atoms with Gasteiger partial charge in [0.25, 0.3) is 0 Å². The van der Waals surface area contributed by atoms with Crippen LogP contribution < -0.4 is 4.74 Å². The summed E-state index contributed by atoms with van der Waals surface area (Å²) >= 11 is 0. The SMILES string of the molecule is O=C(CC12CC3CC(CC(O)(C3)C1)C2)N1CCC(Oc2cccnc2)CC1. The standard InChI is InChI=1S/C22H30N2O3/c25-20(13-21-9-16-8-17(10-21)12-22(26,11-16)15-21)24-6-3-18(4-7-24)27-19-2-1-5-23-14-19/h1-2,5,14,16-18,26H,3-4,6-13,15H2. The van der Waals surface area contributed by atoms with Crippen molar-refractivity contribution in [3.63, 3.8) is 0 Å². The van der Waals surface area contributed by atoms with Gasteiger partial charge in [-0.2, -0.15) is 0 Å². The lowest BCUT2D eigenvalue weighted by molar-refractivity contribution is -0.172. The minimum atomic E-state index is -0.477. The van der Waals surface area contributed by atoms with Crippen LogP contribution in [0, 0.1) is 17.3 Å². The summed E-state index contributed by atoms with van der Waals surface area (Å²) in [5.41, 5.74) is -0.409. The van der Waals surface area contributed by atoms with E-state index in [2.05, 4.69) is 4.98 Å². The maximum Gasteiger partial charge on any atom is 0.223 e. The molecule has 4 saturated carbocycles. The van der Waals surface area contributed by atoms with Crippen molar-refractivity contribution >= 4 is 5.91 Å². The van der Waals surface area contributed by atoms with Gasteiger partial charge in [-0.15, -0.1) is 0 Å². The highest BCUT2D eigenvalue weighted by molar-refractivity contribution is 5.77. The molecule has 1 aliphatic heterocycles. The van der Waals surface area contributed by atoms with Gasteiger partial charge < -0.3 is 14.7 Å². The summed E-state index contributed by atoms with van der Waals surface area (Å²) < 4.78 is 6.00. The number of amides is 1. The Hall–Kier alpha value is -1.62. The van der Waals surface area contributed by atoms with Gasteiger partial charge in [0.15, 0.2) is 0 Å². The molecule has 27 heavy (non-hydrogen) atoms. The Morgan fingerprint density at radius 3 is 2.59 bits per heavy atom. The van der Waals surface area contributed by atoms with Gasteiger partial charge in [0.05, 0.1) is 11.8 Å². The molecule has 5 heteroatoms. The van der Waals surface area contributed by atoms with Crippen molar-refractivity contribution in [3.05, 3.63) is 24.5 Å². The molecular formula is C22H30N2O3. The zero-order valence-electron chi connectivity index (χ0n) is 16.0. The number of ether oxygens (including phenoxy) is 1. The van der Waals surface area contributed by atoms with Crippen LogP contribution in [0.4, 0.5) is 0 Å². The lowest BCUT2D eigenvalue weighted by Gasteiger charge is -2.60. The van der Waals surface area contributed by atoms with Crippen molar-refractivity contribution in [2.24, 2.45) is 17.3 Å². The van der Waals surface area contributed by atoms with Gasteiger partial charge in [-0.05, 0) is 67.9 Å². The van der Waals surface area contributed by atoms with E-state index in [-0.39, 0.29) is 11.5 Å². The molecule has 1 saturated heterocycles. The number of aromatic nitrogens is 1. The fourth-order valence-electron chi connectivity index (χ4n) is 6.87. The zero-order chi connectivity index (χ0) is 18.5. The number of carbonyl (C=O) groups excluding carboxylic acids is 1. The molecule has 5 aliphatic rings. The van der Waals surface area contributed by atoms with E-state index in [0.717, 1.165) is 63.8 Å². The third-order valence-electron chi connectivity index (χ3n) is 7.41. The molecule has 6 rings (SSSR count). The van der Waals surface area contributed by atoms with Gasteiger partial charge >= 0.3 is 0 Å². The number of rotatable bonds is 4. The predicted molar refractivity (Wildman–Crippen MR) is 101 cm³/mol. The molecule has 0 spiro atoms. The van der Waals surface area contributed by atoms with E-state index in [1.54, 1.807) is 12.4 Å². The molecule has 1 amide bonds. The van der Waals surface area contributed by atoms with Crippen LogP contribution in [0.2, 0.25) is 0 Å². The van der Waals surface area contributed by atoms with Gasteiger partial charge in [0.1, 0.15) is 11.9 Å². The van der Waals surface area contributed by atoms with Crippen molar-refractivity contribution in [1.29, 1.82) is 0 Å². The predicted octanol–water partition coefficient (Wildman–Crippen LogP) is 3.17. The van der Waals surface area contributed by atoms with Crippen LogP contribution in [-0.4, -0.2) is 45.7 Å². The van der Waals surface area contributed by atoms with Crippen LogP contribution in [0.3, 0.4) is 0 Å². The molecule has 146 valence electrons. The number of nitrogens with zero attached hydrogens (tertiary/aromatic N) is 2. The molecule has 4 aliphatic carbocycles. The Morgan fingerprint density at radius 2 is 1.96 bits per heavy atom. The lowest BCUT2D eigenvalue weighted by Crippen LogP contribution is -2.57. The highest BCUT2D eigenvalue weighted by atomic mass is 16.5. The number of pyridine rings is 1. The van der Waals surface area contributed by atoms with Crippen LogP contribution in [0.5, 0.6) is 5.75 Å². The maximum atomic E-state index is 13.0. The second kappa shape index (κ2) is 6.47. The lowest BCUT2D eigenvalue weighted by atomic mass is 9.47. The maximum absolute atomic E-state index is 13.0. The first-order chi connectivity index (χ1) is 13.0. The van der Waals surface area contributed by atoms with Crippen molar-refractivity contribution < 1.29 is 14.6 Å². The summed E-state index contributed by atoms with van der Waals surface area (Å²) in [7, 11) is 0. The average molecular weight is 370 g/mol. The van der Waals surface area contributed by atoms with Crippen molar-refractivity contribution in [3.8, 4) is 5.75 Å². The van der Waals surface area contributed by atoms with E-state index < -0.39 is 5.60 Å². The summed E-state index contributed by atoms with van der Waals surface area (Å²) in [6.07, 6.45) is 12.4. The molecule has 2 unspecified atom stereocenters. The molecule has 5 fully saturated rings. The van der Waals surface area contributed by atoms with Crippen LogP contribution in [0.25, 0.3) is 0 Å². The molecule has 4 bridgehead atoms. The highest BCUT2D eigenvalue weighted by Crippen LogP contribution is 2.62. The van der Waals surface area contributed by atoms with Gasteiger partial charge in [-0.1, -0.05) is 0 Å². The second-order valence-electron chi connectivity index (χ2n) is 9.75. The Balaban J connectivity index is 1.17. The van der Waals surface area contributed by atoms with Gasteiger partial charge in [-0.25, -0.2) is 0 Å². The molecular weight excluding hydrogens is 340 g/mol. The van der Waals surface area contributed by atoms with Crippen LogP contribution in [0.15, 0.2) is 24.5 Å². The summed E-state index contributed by atoms with van der Waals surface area (Å²) in [4.78, 5) is 19.2. The summed E-state index contributed by atoms with van der Waals surface area (Å²) in [5, 5.41) is 10.9. The number of hydrogen-bond donors (Lipinski definition) is 1. The number of hydrogen-bond acceptors (Lipinski definition) is 4. The van der Waals surface area contributed by atoms with Gasteiger partial charge in [-0.3, -0.25) is 9.78 Å². The summed E-state index contributed by atoms with van der Waals surface area (Å²) in [6.45, 7) is 1.55. The van der Waals surface area contributed by atoms with Crippen molar-refractivity contribution in [1.82, 2.24) is 9.88 Å². The van der Waals surface area contributed by atoms with E-state index in [0.29, 0.717) is 24.2 Å². The van der Waals surface area contributed by atoms with E-state index in [9.17, 15) is 9.90 Å². The third-order valence-corrected chi connectivity index (χ3v) is 7.41. The number of piperidine rings is 1. The highest BCUT2D eigenvalue weighted by Gasteiger charge is 2.57. The van der Waals surface area contributed by atoms with Crippen molar-refractivity contribution in [2.75, 3.05) is 13.1 Å². The monoisotopic (exact) mass is 370 g/mol. The smallest absolute Gasteiger partial charge is 0.223 e. The third kappa shape index (κ3) is 3.46. The Kier molecular flexibility index (Phi) is 4.19. The van der Waals surface area contributed by atoms with Crippen molar-refractivity contribution in [2.45, 2.75) is 69.5 Å². The summed E-state index contributed by atoms with van der Waals surface area (Å²) in [5.74, 6) is 2.38. The molecule has 1 aromatic heterocycles. The van der Waals surface area contributed by atoms with Crippen LogP contribution >= 0.6 is 0 Å². The molecule has 0 aromatic carbocycles. The summed E-state index contributed by atoms with van der Waals surface area (Å²) in [6, 6.07) is 3.82. The molecule has 5 nitrogen and oxygen atoms in total. The van der Waals surface area contributed by atoms with E-state index in [4.69, 9.17) is 4.74 Å². The van der Waals surface area contributed by atoms with Gasteiger partial charge in [0.2, 0.25) is 5.91 Å². The fraction of sp³-hybridized carbons (Fsp3) is 0.727. The molecule has 2 heterocycles. The largest absolute Gasteiger partial charge is 0.489 e. The second-order valence-corrected chi connectivity index (χ2v) is 9.75. The number of carbonyl (C=O) groups is 1. The fourth-order valence-corrected chi connectivity index (χ4v) is 6.87. The Morgan fingerprint density at radius 1 is 1.22 bits per heavy atom. The molecule has 0 radical (unpaired) electrons. The average Bonchev–Trinajstić information content (AvgIpc) is 2.60. The Bertz CT molecular complexity index is 685. The molecule has 1 aromatic rings. The molecule has 1 N–H and O–H groups in total.